The van der Waals surface area contributed by atoms with Gasteiger partial charge in [-0.25, -0.2) is 0 Å². The molecule has 0 bridgehead atoms. The van der Waals surface area contributed by atoms with Gasteiger partial charge in [-0.2, -0.15) is 0 Å². The monoisotopic (exact) mass is 218 g/mol. The SMILES string of the molecule is CC[C@@](C)(O)[C@@H](C)/C=C/Cc1ccccc1. The first-order valence-corrected chi connectivity index (χ1v) is 5.99. The number of aliphatic hydroxyl groups is 1. The fourth-order valence-corrected chi connectivity index (χ4v) is 1.55. The molecule has 0 aliphatic heterocycles. The van der Waals surface area contributed by atoms with Crippen LogP contribution in [0.3, 0.4) is 0 Å². The van der Waals surface area contributed by atoms with Crippen molar-refractivity contribution in [2.75, 3.05) is 0 Å². The van der Waals surface area contributed by atoms with E-state index >= 15 is 0 Å². The third-order valence-corrected chi connectivity index (χ3v) is 3.32. The van der Waals surface area contributed by atoms with Crippen molar-refractivity contribution in [3.8, 4) is 0 Å². The van der Waals surface area contributed by atoms with Crippen LogP contribution in [0.15, 0.2) is 42.5 Å². The van der Waals surface area contributed by atoms with Gasteiger partial charge in [-0.05, 0) is 25.3 Å². The minimum Gasteiger partial charge on any atom is -0.390 e. The maximum Gasteiger partial charge on any atom is 0.0676 e. The highest BCUT2D eigenvalue weighted by Gasteiger charge is 2.23. The van der Waals surface area contributed by atoms with Crippen LogP contribution >= 0.6 is 0 Å². The van der Waals surface area contributed by atoms with Gasteiger partial charge in [0.15, 0.2) is 0 Å². The summed E-state index contributed by atoms with van der Waals surface area (Å²) < 4.78 is 0. The Labute approximate surface area is 98.8 Å². The number of allylic oxidation sites excluding steroid dienone is 1. The molecular weight excluding hydrogens is 196 g/mol. The van der Waals surface area contributed by atoms with Crippen LogP contribution in [0.25, 0.3) is 0 Å². The Morgan fingerprint density at radius 3 is 2.50 bits per heavy atom. The van der Waals surface area contributed by atoms with E-state index in [0.29, 0.717) is 0 Å². The fourth-order valence-electron chi connectivity index (χ4n) is 1.55. The Morgan fingerprint density at radius 2 is 1.94 bits per heavy atom. The summed E-state index contributed by atoms with van der Waals surface area (Å²) in [6.07, 6.45) is 5.97. The van der Waals surface area contributed by atoms with Gasteiger partial charge in [-0.15, -0.1) is 0 Å². The molecule has 88 valence electrons. The Bertz CT molecular complexity index is 325. The number of rotatable bonds is 5. The second-order valence-electron chi connectivity index (χ2n) is 4.62. The molecule has 0 fully saturated rings. The van der Waals surface area contributed by atoms with Crippen LogP contribution < -0.4 is 0 Å². The van der Waals surface area contributed by atoms with Crippen LogP contribution in [0.2, 0.25) is 0 Å². The second kappa shape index (κ2) is 5.86. The van der Waals surface area contributed by atoms with Crippen LogP contribution in [0.4, 0.5) is 0 Å². The smallest absolute Gasteiger partial charge is 0.0676 e. The molecule has 16 heavy (non-hydrogen) atoms. The minimum atomic E-state index is -0.590. The molecule has 0 radical (unpaired) electrons. The summed E-state index contributed by atoms with van der Waals surface area (Å²) >= 11 is 0. The zero-order chi connectivity index (χ0) is 12.0. The molecule has 0 aliphatic rings. The van der Waals surface area contributed by atoms with Crippen LogP contribution in [0, 0.1) is 5.92 Å². The first-order chi connectivity index (χ1) is 7.56. The molecule has 0 spiro atoms. The molecule has 0 unspecified atom stereocenters. The maximum absolute atomic E-state index is 10.0. The molecule has 0 aromatic heterocycles. The van der Waals surface area contributed by atoms with Gasteiger partial charge in [0.05, 0.1) is 5.60 Å². The van der Waals surface area contributed by atoms with Crippen molar-refractivity contribution in [1.29, 1.82) is 0 Å². The van der Waals surface area contributed by atoms with E-state index in [0.717, 1.165) is 12.8 Å². The molecule has 2 atom stereocenters. The number of hydrogen-bond acceptors (Lipinski definition) is 1. The molecule has 1 aromatic carbocycles. The van der Waals surface area contributed by atoms with Crippen LogP contribution in [0.5, 0.6) is 0 Å². The van der Waals surface area contributed by atoms with Gasteiger partial charge in [-0.3, -0.25) is 0 Å². The van der Waals surface area contributed by atoms with E-state index in [1.807, 2.05) is 19.9 Å². The Balaban J connectivity index is 2.49. The largest absolute Gasteiger partial charge is 0.390 e. The van der Waals surface area contributed by atoms with Gasteiger partial charge in [0, 0.05) is 5.92 Å². The van der Waals surface area contributed by atoms with Gasteiger partial charge in [0.2, 0.25) is 0 Å². The molecule has 0 heterocycles. The van der Waals surface area contributed by atoms with Gasteiger partial charge in [0.25, 0.3) is 0 Å². The summed E-state index contributed by atoms with van der Waals surface area (Å²) in [5.74, 6) is 0.196. The molecule has 0 amide bonds. The van der Waals surface area contributed by atoms with E-state index in [9.17, 15) is 5.11 Å². The van der Waals surface area contributed by atoms with Crippen molar-refractivity contribution in [1.82, 2.24) is 0 Å². The zero-order valence-corrected chi connectivity index (χ0v) is 10.5. The quantitative estimate of drug-likeness (QED) is 0.749. The first kappa shape index (κ1) is 13.0. The Kier molecular flexibility index (Phi) is 4.75. The third-order valence-electron chi connectivity index (χ3n) is 3.32. The minimum absolute atomic E-state index is 0.196. The van der Waals surface area contributed by atoms with E-state index in [-0.39, 0.29) is 5.92 Å². The highest BCUT2D eigenvalue weighted by Crippen LogP contribution is 2.21. The Morgan fingerprint density at radius 1 is 1.31 bits per heavy atom. The molecule has 1 nitrogen and oxygen atoms in total. The zero-order valence-electron chi connectivity index (χ0n) is 10.5. The summed E-state index contributed by atoms with van der Waals surface area (Å²) in [7, 11) is 0. The predicted octanol–water partition coefficient (Wildman–Crippen LogP) is 3.58. The summed E-state index contributed by atoms with van der Waals surface area (Å²) in [5.41, 5.74) is 0.717. The molecule has 0 saturated carbocycles. The van der Waals surface area contributed by atoms with Gasteiger partial charge < -0.3 is 5.11 Å². The van der Waals surface area contributed by atoms with Crippen molar-refractivity contribution in [2.45, 2.75) is 39.2 Å². The summed E-state index contributed by atoms with van der Waals surface area (Å²) in [4.78, 5) is 0. The molecule has 0 aliphatic carbocycles. The van der Waals surface area contributed by atoms with Crippen LogP contribution in [0.1, 0.15) is 32.8 Å². The highest BCUT2D eigenvalue weighted by atomic mass is 16.3. The molecule has 1 rings (SSSR count). The van der Waals surface area contributed by atoms with Gasteiger partial charge in [0.1, 0.15) is 0 Å². The van der Waals surface area contributed by atoms with E-state index in [4.69, 9.17) is 0 Å². The summed E-state index contributed by atoms with van der Waals surface area (Å²) in [6, 6.07) is 10.4. The predicted molar refractivity (Wildman–Crippen MR) is 69.4 cm³/mol. The average Bonchev–Trinajstić information content (AvgIpc) is 2.30. The lowest BCUT2D eigenvalue weighted by molar-refractivity contribution is 0.0208. The molecule has 1 heteroatoms. The summed E-state index contributed by atoms with van der Waals surface area (Å²) in [5, 5.41) is 10.0. The lowest BCUT2D eigenvalue weighted by Gasteiger charge is -2.26. The fraction of sp³-hybridized carbons (Fsp3) is 0.467. The van der Waals surface area contributed by atoms with Crippen molar-refractivity contribution in [3.05, 3.63) is 48.0 Å². The average molecular weight is 218 g/mol. The molecule has 1 N–H and O–H groups in total. The second-order valence-corrected chi connectivity index (χ2v) is 4.62. The first-order valence-electron chi connectivity index (χ1n) is 5.99. The van der Waals surface area contributed by atoms with Crippen molar-refractivity contribution < 1.29 is 5.11 Å². The van der Waals surface area contributed by atoms with Crippen molar-refractivity contribution >= 4 is 0 Å². The third kappa shape index (κ3) is 3.82. The molecule has 1 aromatic rings. The van der Waals surface area contributed by atoms with E-state index < -0.39 is 5.60 Å². The van der Waals surface area contributed by atoms with Crippen molar-refractivity contribution in [2.24, 2.45) is 5.92 Å². The lowest BCUT2D eigenvalue weighted by atomic mass is 9.88. The number of benzene rings is 1. The topological polar surface area (TPSA) is 20.2 Å². The highest BCUT2D eigenvalue weighted by molar-refractivity contribution is 5.17. The van der Waals surface area contributed by atoms with Crippen LogP contribution in [-0.2, 0) is 6.42 Å². The summed E-state index contributed by atoms with van der Waals surface area (Å²) in [6.45, 7) is 5.97. The van der Waals surface area contributed by atoms with Gasteiger partial charge >= 0.3 is 0 Å². The van der Waals surface area contributed by atoms with E-state index in [1.54, 1.807) is 0 Å². The molecule has 0 saturated heterocycles. The van der Waals surface area contributed by atoms with E-state index in [2.05, 4.69) is 43.3 Å². The van der Waals surface area contributed by atoms with Crippen molar-refractivity contribution in [3.63, 3.8) is 0 Å². The normalized spacial score (nSPS) is 17.2. The lowest BCUT2D eigenvalue weighted by Crippen LogP contribution is -2.30. The Hall–Kier alpha value is -1.08. The van der Waals surface area contributed by atoms with E-state index in [1.165, 1.54) is 5.56 Å². The van der Waals surface area contributed by atoms with Gasteiger partial charge in [-0.1, -0.05) is 56.3 Å². The number of hydrogen-bond donors (Lipinski definition) is 1. The van der Waals surface area contributed by atoms with Crippen LogP contribution in [-0.4, -0.2) is 10.7 Å². The molecular formula is C15H22O. The maximum atomic E-state index is 10.0. The standard InChI is InChI=1S/C15H22O/c1-4-15(3,16)13(2)9-8-12-14-10-6-5-7-11-14/h5-11,13,16H,4,12H2,1-3H3/b9-8+/t13-,15+/m0/s1.